The molecule has 2 N–H and O–H groups in total. The molecule has 1 unspecified atom stereocenters. The van der Waals surface area contributed by atoms with Gasteiger partial charge in [-0.05, 0) is 42.9 Å². The van der Waals surface area contributed by atoms with Crippen LogP contribution in [-0.2, 0) is 16.0 Å². The van der Waals surface area contributed by atoms with Gasteiger partial charge in [0.05, 0.1) is 0 Å². The molecule has 0 saturated carbocycles. The van der Waals surface area contributed by atoms with Crippen LogP contribution < -0.4 is 10.6 Å². The van der Waals surface area contributed by atoms with Crippen LogP contribution in [0, 0.1) is 5.92 Å². The number of ether oxygens (including phenoxy) is 1. The number of carbonyl (C=O) groups is 1. The predicted octanol–water partition coefficient (Wildman–Crippen LogP) is 1.97. The summed E-state index contributed by atoms with van der Waals surface area (Å²) in [5, 5.41) is 0. The number of rotatable bonds is 2. The second-order valence-corrected chi connectivity index (χ2v) is 5.43. The Morgan fingerprint density at radius 3 is 3.16 bits per heavy atom. The topological polar surface area (TPSA) is 55.6 Å². The minimum absolute atomic E-state index is 0.210. The van der Waals surface area contributed by atoms with E-state index < -0.39 is 0 Å². The SMILES string of the molecule is Nc1cccc2c1CCCN2C(=O)CC1CCOC1. The Morgan fingerprint density at radius 1 is 1.47 bits per heavy atom. The molecule has 1 saturated heterocycles. The lowest BCUT2D eigenvalue weighted by atomic mass is 9.98. The molecule has 102 valence electrons. The van der Waals surface area contributed by atoms with Gasteiger partial charge < -0.3 is 15.4 Å². The van der Waals surface area contributed by atoms with Crippen molar-refractivity contribution < 1.29 is 9.53 Å². The number of hydrogen-bond acceptors (Lipinski definition) is 3. The van der Waals surface area contributed by atoms with Gasteiger partial charge in [0.15, 0.2) is 0 Å². The summed E-state index contributed by atoms with van der Waals surface area (Å²) < 4.78 is 5.34. The maximum absolute atomic E-state index is 12.5. The first-order chi connectivity index (χ1) is 9.25. The van der Waals surface area contributed by atoms with E-state index in [1.165, 1.54) is 0 Å². The van der Waals surface area contributed by atoms with E-state index in [2.05, 4.69) is 0 Å². The van der Waals surface area contributed by atoms with Crippen molar-refractivity contribution in [1.82, 2.24) is 0 Å². The Hall–Kier alpha value is -1.55. The number of amides is 1. The molecule has 4 heteroatoms. The Balaban J connectivity index is 1.79. The van der Waals surface area contributed by atoms with Gasteiger partial charge in [-0.2, -0.15) is 0 Å². The Bertz CT molecular complexity index is 481. The molecule has 0 aromatic heterocycles. The van der Waals surface area contributed by atoms with Crippen molar-refractivity contribution >= 4 is 17.3 Å². The average Bonchev–Trinajstić information content (AvgIpc) is 2.91. The Morgan fingerprint density at radius 2 is 2.37 bits per heavy atom. The summed E-state index contributed by atoms with van der Waals surface area (Å²) in [5.74, 6) is 0.598. The Kier molecular flexibility index (Phi) is 3.42. The fourth-order valence-corrected chi connectivity index (χ4v) is 3.01. The number of fused-ring (bicyclic) bond motifs is 1. The number of benzene rings is 1. The molecular weight excluding hydrogens is 240 g/mol. The highest BCUT2D eigenvalue weighted by molar-refractivity contribution is 5.95. The zero-order chi connectivity index (χ0) is 13.2. The maximum Gasteiger partial charge on any atom is 0.227 e. The first-order valence-corrected chi connectivity index (χ1v) is 7.01. The molecule has 3 rings (SSSR count). The zero-order valence-electron chi connectivity index (χ0n) is 11.1. The van der Waals surface area contributed by atoms with Crippen LogP contribution in [0.2, 0.25) is 0 Å². The molecule has 0 bridgehead atoms. The van der Waals surface area contributed by atoms with Crippen LogP contribution in [0.4, 0.5) is 11.4 Å². The van der Waals surface area contributed by atoms with Gasteiger partial charge in [0.25, 0.3) is 0 Å². The summed E-state index contributed by atoms with van der Waals surface area (Å²) in [6.45, 7) is 2.33. The number of anilines is 2. The number of carbonyl (C=O) groups excluding carboxylic acids is 1. The van der Waals surface area contributed by atoms with E-state index in [1.807, 2.05) is 23.1 Å². The van der Waals surface area contributed by atoms with Gasteiger partial charge in [-0.1, -0.05) is 6.07 Å². The minimum Gasteiger partial charge on any atom is -0.398 e. The fraction of sp³-hybridized carbons (Fsp3) is 0.533. The molecule has 1 aromatic carbocycles. The van der Waals surface area contributed by atoms with Gasteiger partial charge in [-0.25, -0.2) is 0 Å². The third kappa shape index (κ3) is 2.45. The van der Waals surface area contributed by atoms with E-state index in [0.717, 1.165) is 56.0 Å². The van der Waals surface area contributed by atoms with Crippen molar-refractivity contribution in [2.24, 2.45) is 5.92 Å². The lowest BCUT2D eigenvalue weighted by Gasteiger charge is -2.31. The van der Waals surface area contributed by atoms with Gasteiger partial charge in [0, 0.05) is 37.6 Å². The zero-order valence-corrected chi connectivity index (χ0v) is 11.1. The van der Waals surface area contributed by atoms with Crippen LogP contribution in [0.1, 0.15) is 24.8 Å². The summed E-state index contributed by atoms with van der Waals surface area (Å²) in [5.41, 5.74) is 8.95. The summed E-state index contributed by atoms with van der Waals surface area (Å²) in [4.78, 5) is 14.4. The minimum atomic E-state index is 0.210. The monoisotopic (exact) mass is 260 g/mol. The van der Waals surface area contributed by atoms with Gasteiger partial charge in [0.1, 0.15) is 0 Å². The van der Waals surface area contributed by atoms with Crippen LogP contribution >= 0.6 is 0 Å². The van der Waals surface area contributed by atoms with E-state index in [0.29, 0.717) is 12.3 Å². The van der Waals surface area contributed by atoms with Crippen LogP contribution in [0.15, 0.2) is 18.2 Å². The summed E-state index contributed by atoms with van der Waals surface area (Å²) >= 11 is 0. The molecular formula is C15H20N2O2. The standard InChI is InChI=1S/C15H20N2O2/c16-13-4-1-5-14-12(13)3-2-7-17(14)15(18)9-11-6-8-19-10-11/h1,4-5,11H,2-3,6-10,16H2. The molecule has 2 aliphatic rings. The highest BCUT2D eigenvalue weighted by Gasteiger charge is 2.27. The maximum atomic E-state index is 12.5. The van der Waals surface area contributed by atoms with Crippen molar-refractivity contribution in [3.63, 3.8) is 0 Å². The molecule has 1 amide bonds. The lowest BCUT2D eigenvalue weighted by molar-refractivity contribution is -0.119. The molecule has 2 aliphatic heterocycles. The molecule has 0 spiro atoms. The highest BCUT2D eigenvalue weighted by atomic mass is 16.5. The molecule has 1 atom stereocenters. The second-order valence-electron chi connectivity index (χ2n) is 5.43. The van der Waals surface area contributed by atoms with Gasteiger partial charge in [0.2, 0.25) is 5.91 Å². The van der Waals surface area contributed by atoms with E-state index in [9.17, 15) is 4.79 Å². The van der Waals surface area contributed by atoms with Gasteiger partial charge in [-0.15, -0.1) is 0 Å². The fourth-order valence-electron chi connectivity index (χ4n) is 3.01. The molecule has 0 aliphatic carbocycles. The first kappa shape index (κ1) is 12.5. The normalized spacial score (nSPS) is 22.3. The largest absolute Gasteiger partial charge is 0.398 e. The second kappa shape index (κ2) is 5.21. The summed E-state index contributed by atoms with van der Waals surface area (Å²) in [6.07, 6.45) is 3.56. The number of nitrogens with two attached hydrogens (primary N) is 1. The molecule has 1 aromatic rings. The van der Waals surface area contributed by atoms with Crippen molar-refractivity contribution in [3.8, 4) is 0 Å². The van der Waals surface area contributed by atoms with E-state index in [4.69, 9.17) is 10.5 Å². The lowest BCUT2D eigenvalue weighted by Crippen LogP contribution is -2.36. The third-order valence-corrected chi connectivity index (χ3v) is 4.08. The quantitative estimate of drug-likeness (QED) is 0.827. The third-order valence-electron chi connectivity index (χ3n) is 4.08. The van der Waals surface area contributed by atoms with E-state index in [-0.39, 0.29) is 5.91 Å². The molecule has 1 fully saturated rings. The molecule has 2 heterocycles. The number of hydrogen-bond donors (Lipinski definition) is 1. The smallest absolute Gasteiger partial charge is 0.227 e. The number of nitrogen functional groups attached to an aromatic ring is 1. The Labute approximate surface area is 113 Å². The van der Waals surface area contributed by atoms with Crippen LogP contribution in [0.25, 0.3) is 0 Å². The van der Waals surface area contributed by atoms with Gasteiger partial charge >= 0.3 is 0 Å². The average molecular weight is 260 g/mol. The molecule has 4 nitrogen and oxygen atoms in total. The summed E-state index contributed by atoms with van der Waals surface area (Å²) in [7, 11) is 0. The summed E-state index contributed by atoms with van der Waals surface area (Å²) in [6, 6.07) is 5.85. The van der Waals surface area contributed by atoms with Crippen LogP contribution in [0.3, 0.4) is 0 Å². The van der Waals surface area contributed by atoms with Crippen molar-refractivity contribution in [3.05, 3.63) is 23.8 Å². The predicted molar refractivity (Wildman–Crippen MR) is 75.1 cm³/mol. The van der Waals surface area contributed by atoms with Crippen molar-refractivity contribution in [2.45, 2.75) is 25.7 Å². The van der Waals surface area contributed by atoms with E-state index in [1.54, 1.807) is 0 Å². The highest BCUT2D eigenvalue weighted by Crippen LogP contribution is 2.32. The molecule has 0 radical (unpaired) electrons. The van der Waals surface area contributed by atoms with Gasteiger partial charge in [-0.3, -0.25) is 4.79 Å². The number of nitrogens with zero attached hydrogens (tertiary/aromatic N) is 1. The van der Waals surface area contributed by atoms with Crippen LogP contribution in [-0.4, -0.2) is 25.7 Å². The first-order valence-electron chi connectivity index (χ1n) is 7.01. The molecule has 19 heavy (non-hydrogen) atoms. The van der Waals surface area contributed by atoms with Crippen molar-refractivity contribution in [2.75, 3.05) is 30.4 Å². The van der Waals surface area contributed by atoms with E-state index >= 15 is 0 Å². The van der Waals surface area contributed by atoms with Crippen LogP contribution in [0.5, 0.6) is 0 Å². The van der Waals surface area contributed by atoms with Crippen molar-refractivity contribution in [1.29, 1.82) is 0 Å².